The summed E-state index contributed by atoms with van der Waals surface area (Å²) in [4.78, 5) is 42.9. The Hall–Kier alpha value is -3.35. The summed E-state index contributed by atoms with van der Waals surface area (Å²) in [6.45, 7) is 0.957. The Morgan fingerprint density at radius 3 is 2.54 bits per heavy atom. The Labute approximate surface area is 149 Å². The van der Waals surface area contributed by atoms with Gasteiger partial charge in [0.15, 0.2) is 0 Å². The van der Waals surface area contributed by atoms with Gasteiger partial charge in [-0.3, -0.25) is 14.2 Å². The van der Waals surface area contributed by atoms with Crippen LogP contribution in [0.25, 0.3) is 11.0 Å². The molecule has 1 fully saturated rings. The first-order chi connectivity index (χ1) is 12.5. The average molecular weight is 350 g/mol. The van der Waals surface area contributed by atoms with Crippen molar-refractivity contribution in [3.63, 3.8) is 0 Å². The van der Waals surface area contributed by atoms with Crippen molar-refractivity contribution in [2.45, 2.75) is 0 Å². The van der Waals surface area contributed by atoms with Crippen LogP contribution >= 0.6 is 0 Å². The highest BCUT2D eigenvalue weighted by Crippen LogP contribution is 2.19. The van der Waals surface area contributed by atoms with Gasteiger partial charge in [-0.05, 0) is 30.3 Å². The zero-order valence-electron chi connectivity index (χ0n) is 14.3. The van der Waals surface area contributed by atoms with Crippen LogP contribution in [0.15, 0.2) is 53.3 Å². The standard InChI is InChI=1S/C19H18N4O3/c1-21-16-8-7-13(11-15(16)20-19(21)26)18(25)22-9-10-23(17(24)12-22)14-5-3-2-4-6-14/h2-8,11H,9-10,12H2,1H3,(H,20,26). The second kappa shape index (κ2) is 6.18. The van der Waals surface area contributed by atoms with Crippen LogP contribution in [0, 0.1) is 0 Å². The molecule has 1 aromatic heterocycles. The number of nitrogens with one attached hydrogen (secondary N) is 1. The molecule has 26 heavy (non-hydrogen) atoms. The van der Waals surface area contributed by atoms with Crippen LogP contribution in [0.1, 0.15) is 10.4 Å². The molecule has 0 aliphatic carbocycles. The number of hydrogen-bond donors (Lipinski definition) is 1. The smallest absolute Gasteiger partial charge is 0.326 e. The molecule has 0 bridgehead atoms. The topological polar surface area (TPSA) is 78.4 Å². The van der Waals surface area contributed by atoms with Crippen LogP contribution in [0.4, 0.5) is 5.69 Å². The van der Waals surface area contributed by atoms with Crippen molar-refractivity contribution in [3.8, 4) is 0 Å². The molecule has 0 saturated carbocycles. The van der Waals surface area contributed by atoms with Gasteiger partial charge >= 0.3 is 5.69 Å². The van der Waals surface area contributed by atoms with E-state index in [0.29, 0.717) is 24.2 Å². The molecule has 7 heteroatoms. The second-order valence-corrected chi connectivity index (χ2v) is 6.33. The quantitative estimate of drug-likeness (QED) is 0.758. The minimum absolute atomic E-state index is 0.0388. The zero-order chi connectivity index (χ0) is 18.3. The van der Waals surface area contributed by atoms with Crippen LogP contribution in [0.5, 0.6) is 0 Å². The third-order valence-electron chi connectivity index (χ3n) is 4.73. The van der Waals surface area contributed by atoms with Crippen LogP contribution in [0.2, 0.25) is 0 Å². The highest BCUT2D eigenvalue weighted by atomic mass is 16.2. The minimum Gasteiger partial charge on any atom is -0.328 e. The predicted octanol–water partition coefficient (Wildman–Crippen LogP) is 1.36. The van der Waals surface area contributed by atoms with Crippen molar-refractivity contribution in [2.24, 2.45) is 7.05 Å². The molecule has 4 rings (SSSR count). The van der Waals surface area contributed by atoms with Gasteiger partial charge in [0.1, 0.15) is 6.54 Å². The van der Waals surface area contributed by atoms with E-state index in [9.17, 15) is 14.4 Å². The summed E-state index contributed by atoms with van der Waals surface area (Å²) in [6, 6.07) is 14.5. The highest BCUT2D eigenvalue weighted by molar-refractivity contribution is 6.02. The van der Waals surface area contributed by atoms with Gasteiger partial charge in [0, 0.05) is 31.4 Å². The number of rotatable bonds is 2. The number of imidazole rings is 1. The Balaban J connectivity index is 1.54. The van der Waals surface area contributed by atoms with Crippen molar-refractivity contribution in [1.82, 2.24) is 14.5 Å². The Kier molecular flexibility index (Phi) is 3.84. The maximum atomic E-state index is 12.8. The Morgan fingerprint density at radius 2 is 1.81 bits per heavy atom. The summed E-state index contributed by atoms with van der Waals surface area (Å²) in [5, 5.41) is 0. The summed E-state index contributed by atoms with van der Waals surface area (Å²) >= 11 is 0. The van der Waals surface area contributed by atoms with Crippen molar-refractivity contribution < 1.29 is 9.59 Å². The largest absolute Gasteiger partial charge is 0.328 e. The summed E-state index contributed by atoms with van der Waals surface area (Å²) in [5.41, 5.74) is 2.42. The molecule has 1 aliphatic rings. The van der Waals surface area contributed by atoms with Crippen molar-refractivity contribution in [3.05, 3.63) is 64.6 Å². The van der Waals surface area contributed by atoms with E-state index in [1.807, 2.05) is 30.3 Å². The van der Waals surface area contributed by atoms with E-state index in [1.165, 1.54) is 4.57 Å². The summed E-state index contributed by atoms with van der Waals surface area (Å²) < 4.78 is 1.49. The number of aromatic amines is 1. The van der Waals surface area contributed by atoms with E-state index in [1.54, 1.807) is 35.0 Å². The molecule has 132 valence electrons. The number of amides is 2. The fraction of sp³-hybridized carbons (Fsp3) is 0.211. The number of nitrogens with zero attached hydrogens (tertiary/aromatic N) is 3. The van der Waals surface area contributed by atoms with E-state index in [-0.39, 0.29) is 24.0 Å². The molecule has 2 aromatic carbocycles. The van der Waals surface area contributed by atoms with E-state index in [0.717, 1.165) is 11.2 Å². The monoisotopic (exact) mass is 350 g/mol. The molecule has 1 N–H and O–H groups in total. The zero-order valence-corrected chi connectivity index (χ0v) is 14.3. The number of benzene rings is 2. The predicted molar refractivity (Wildman–Crippen MR) is 98.2 cm³/mol. The molecular formula is C19H18N4O3. The number of fused-ring (bicyclic) bond motifs is 1. The number of carbonyl (C=O) groups excluding carboxylic acids is 2. The van der Waals surface area contributed by atoms with Crippen LogP contribution in [0.3, 0.4) is 0 Å². The van der Waals surface area contributed by atoms with Gasteiger partial charge in [0.2, 0.25) is 5.91 Å². The summed E-state index contributed by atoms with van der Waals surface area (Å²) in [7, 11) is 1.67. The average Bonchev–Trinajstić information content (AvgIpc) is 2.95. The van der Waals surface area contributed by atoms with Crippen LogP contribution < -0.4 is 10.6 Å². The number of carbonyl (C=O) groups is 2. The first-order valence-corrected chi connectivity index (χ1v) is 8.38. The number of H-pyrrole nitrogens is 1. The number of aryl methyl sites for hydroxylation is 1. The molecule has 1 saturated heterocycles. The third kappa shape index (κ3) is 2.67. The lowest BCUT2D eigenvalue weighted by atomic mass is 10.1. The first-order valence-electron chi connectivity index (χ1n) is 8.38. The van der Waals surface area contributed by atoms with E-state index in [2.05, 4.69) is 4.98 Å². The fourth-order valence-electron chi connectivity index (χ4n) is 3.28. The maximum Gasteiger partial charge on any atom is 0.326 e. The summed E-state index contributed by atoms with van der Waals surface area (Å²) in [6.07, 6.45) is 0. The molecule has 0 unspecified atom stereocenters. The van der Waals surface area contributed by atoms with Gasteiger partial charge in [0.25, 0.3) is 5.91 Å². The lowest BCUT2D eigenvalue weighted by molar-refractivity contribution is -0.120. The van der Waals surface area contributed by atoms with Crippen molar-refractivity contribution in [1.29, 1.82) is 0 Å². The van der Waals surface area contributed by atoms with Gasteiger partial charge in [-0.25, -0.2) is 4.79 Å². The lowest BCUT2D eigenvalue weighted by Gasteiger charge is -2.34. The first kappa shape index (κ1) is 16.1. The molecule has 0 spiro atoms. The van der Waals surface area contributed by atoms with Gasteiger partial charge in [-0.15, -0.1) is 0 Å². The van der Waals surface area contributed by atoms with E-state index < -0.39 is 0 Å². The van der Waals surface area contributed by atoms with Gasteiger partial charge in [-0.2, -0.15) is 0 Å². The SMILES string of the molecule is Cn1c(=O)[nH]c2cc(C(=O)N3CCN(c4ccccc4)C(=O)C3)ccc21. The van der Waals surface area contributed by atoms with E-state index in [4.69, 9.17) is 0 Å². The van der Waals surface area contributed by atoms with Crippen molar-refractivity contribution >= 4 is 28.5 Å². The number of para-hydroxylation sites is 1. The van der Waals surface area contributed by atoms with E-state index >= 15 is 0 Å². The Morgan fingerprint density at radius 1 is 1.04 bits per heavy atom. The summed E-state index contributed by atoms with van der Waals surface area (Å²) in [5.74, 6) is -0.317. The lowest BCUT2D eigenvalue weighted by Crippen LogP contribution is -2.52. The molecule has 0 atom stereocenters. The molecule has 2 amide bonds. The molecule has 2 heterocycles. The molecule has 3 aromatic rings. The van der Waals surface area contributed by atoms with Crippen LogP contribution in [-0.4, -0.2) is 45.9 Å². The van der Waals surface area contributed by atoms with Gasteiger partial charge in [-0.1, -0.05) is 18.2 Å². The highest BCUT2D eigenvalue weighted by Gasteiger charge is 2.28. The number of piperazine rings is 1. The van der Waals surface area contributed by atoms with Crippen LogP contribution in [-0.2, 0) is 11.8 Å². The number of hydrogen-bond acceptors (Lipinski definition) is 3. The molecule has 0 radical (unpaired) electrons. The second-order valence-electron chi connectivity index (χ2n) is 6.33. The number of aromatic nitrogens is 2. The molecule has 7 nitrogen and oxygen atoms in total. The maximum absolute atomic E-state index is 12.8. The molecular weight excluding hydrogens is 332 g/mol. The van der Waals surface area contributed by atoms with Gasteiger partial charge in [0.05, 0.1) is 11.0 Å². The third-order valence-corrected chi connectivity index (χ3v) is 4.73. The fourth-order valence-corrected chi connectivity index (χ4v) is 3.28. The molecule has 1 aliphatic heterocycles. The van der Waals surface area contributed by atoms with Crippen molar-refractivity contribution in [2.75, 3.05) is 24.5 Å². The number of anilines is 1. The minimum atomic E-state index is -0.226. The Bertz CT molecular complexity index is 1050. The van der Waals surface area contributed by atoms with Gasteiger partial charge < -0.3 is 14.8 Å². The normalized spacial score (nSPS) is 14.9.